The van der Waals surface area contributed by atoms with Gasteiger partial charge in [0, 0.05) is 18.7 Å². The molecule has 1 N–H and O–H groups in total. The number of carbonyl (C=O) groups is 1. The number of ether oxygens (including phenoxy) is 1. The molecule has 2 atom stereocenters. The summed E-state index contributed by atoms with van der Waals surface area (Å²) >= 11 is 0. The van der Waals surface area contributed by atoms with E-state index >= 15 is 0 Å². The molecular weight excluding hydrogens is 319 g/mol. The fourth-order valence-electron chi connectivity index (χ4n) is 3.62. The Balaban J connectivity index is 1.47. The minimum Gasteiger partial charge on any atom is -0.370 e. The summed E-state index contributed by atoms with van der Waals surface area (Å²) in [6.45, 7) is 2.06. The molecule has 2 heterocycles. The molecule has 5 heteroatoms. The van der Waals surface area contributed by atoms with E-state index in [0.29, 0.717) is 38.2 Å². The summed E-state index contributed by atoms with van der Waals surface area (Å²) in [4.78, 5) is 14.7. The van der Waals surface area contributed by atoms with E-state index < -0.39 is 6.10 Å². The fourth-order valence-corrected chi connectivity index (χ4v) is 3.62. The van der Waals surface area contributed by atoms with Crippen molar-refractivity contribution in [1.29, 1.82) is 0 Å². The van der Waals surface area contributed by atoms with Crippen molar-refractivity contribution in [3.8, 4) is 0 Å². The van der Waals surface area contributed by atoms with Crippen molar-refractivity contribution in [3.63, 3.8) is 0 Å². The van der Waals surface area contributed by atoms with Crippen LogP contribution in [0.4, 0.5) is 4.39 Å². The van der Waals surface area contributed by atoms with Crippen LogP contribution in [0.15, 0.2) is 48.5 Å². The summed E-state index contributed by atoms with van der Waals surface area (Å²) in [5, 5.41) is 3.33. The molecule has 0 spiro atoms. The molecule has 130 valence electrons. The number of nitrogens with one attached hydrogen (secondary N) is 1. The Morgan fingerprint density at radius 1 is 1.12 bits per heavy atom. The number of nitrogens with zero attached hydrogens (tertiary/aromatic N) is 1. The number of benzene rings is 2. The third-order valence-corrected chi connectivity index (χ3v) is 5.01. The van der Waals surface area contributed by atoms with Crippen LogP contribution in [0.5, 0.6) is 0 Å². The van der Waals surface area contributed by atoms with Gasteiger partial charge in [0.2, 0.25) is 5.91 Å². The van der Waals surface area contributed by atoms with Gasteiger partial charge in [-0.2, -0.15) is 0 Å². The Morgan fingerprint density at radius 2 is 1.88 bits per heavy atom. The normalized spacial score (nSPS) is 23.2. The Kier molecular flexibility index (Phi) is 4.51. The van der Waals surface area contributed by atoms with Gasteiger partial charge in [0.1, 0.15) is 11.9 Å². The van der Waals surface area contributed by atoms with E-state index in [9.17, 15) is 9.18 Å². The van der Waals surface area contributed by atoms with E-state index in [1.54, 1.807) is 23.1 Å². The maximum atomic E-state index is 14.0. The van der Waals surface area contributed by atoms with Gasteiger partial charge in [-0.1, -0.05) is 42.5 Å². The number of fused-ring (bicyclic) bond motifs is 1. The SMILES string of the molecule is O=C([C@@H]1Cc2ccccc2CN1)N1CCO[C@@H](c2ccccc2F)C1. The van der Waals surface area contributed by atoms with Gasteiger partial charge in [-0.3, -0.25) is 4.79 Å². The van der Waals surface area contributed by atoms with Gasteiger partial charge in [-0.15, -0.1) is 0 Å². The smallest absolute Gasteiger partial charge is 0.240 e. The first-order valence-corrected chi connectivity index (χ1v) is 8.67. The summed E-state index contributed by atoms with van der Waals surface area (Å²) in [6.07, 6.45) is 0.284. The zero-order valence-electron chi connectivity index (χ0n) is 14.0. The molecular formula is C20H21FN2O2. The highest BCUT2D eigenvalue weighted by molar-refractivity contribution is 5.82. The second-order valence-corrected chi connectivity index (χ2v) is 6.57. The quantitative estimate of drug-likeness (QED) is 0.913. The van der Waals surface area contributed by atoms with Crippen molar-refractivity contribution in [2.45, 2.75) is 25.1 Å². The van der Waals surface area contributed by atoms with E-state index in [4.69, 9.17) is 4.74 Å². The number of carbonyl (C=O) groups excluding carboxylic acids is 1. The average molecular weight is 340 g/mol. The van der Waals surface area contributed by atoms with Crippen molar-refractivity contribution in [2.24, 2.45) is 0 Å². The van der Waals surface area contributed by atoms with Crippen LogP contribution in [0.25, 0.3) is 0 Å². The number of amides is 1. The molecule has 1 amide bonds. The molecule has 4 nitrogen and oxygen atoms in total. The molecule has 2 aromatic rings. The average Bonchev–Trinajstić information content (AvgIpc) is 2.67. The molecule has 25 heavy (non-hydrogen) atoms. The lowest BCUT2D eigenvalue weighted by Crippen LogP contribution is -2.53. The van der Waals surface area contributed by atoms with Crippen LogP contribution < -0.4 is 5.32 Å². The van der Waals surface area contributed by atoms with E-state index in [2.05, 4.69) is 17.4 Å². The van der Waals surface area contributed by atoms with Crippen LogP contribution in [-0.4, -0.2) is 36.5 Å². The van der Waals surface area contributed by atoms with Crippen LogP contribution in [-0.2, 0) is 22.5 Å². The Bertz CT molecular complexity index is 780. The van der Waals surface area contributed by atoms with Crippen molar-refractivity contribution in [1.82, 2.24) is 10.2 Å². The van der Waals surface area contributed by atoms with Crippen molar-refractivity contribution in [3.05, 3.63) is 71.0 Å². The second-order valence-electron chi connectivity index (χ2n) is 6.57. The summed E-state index contributed by atoms with van der Waals surface area (Å²) in [6, 6.07) is 14.6. The first-order valence-electron chi connectivity index (χ1n) is 8.67. The van der Waals surface area contributed by atoms with E-state index in [-0.39, 0.29) is 17.8 Å². The van der Waals surface area contributed by atoms with Gasteiger partial charge in [0.15, 0.2) is 0 Å². The van der Waals surface area contributed by atoms with Gasteiger partial charge in [0.05, 0.1) is 19.2 Å². The number of hydrogen-bond donors (Lipinski definition) is 1. The van der Waals surface area contributed by atoms with Gasteiger partial charge in [-0.25, -0.2) is 4.39 Å². The number of halogens is 1. The lowest BCUT2D eigenvalue weighted by molar-refractivity contribution is -0.141. The maximum Gasteiger partial charge on any atom is 0.240 e. The molecule has 1 saturated heterocycles. The standard InChI is InChI=1S/C20H21FN2O2/c21-17-8-4-3-7-16(17)19-13-23(9-10-25-19)20(24)18-11-14-5-1-2-6-15(14)12-22-18/h1-8,18-19,22H,9-13H2/t18-,19+/m0/s1. The maximum absolute atomic E-state index is 14.0. The predicted octanol–water partition coefficient (Wildman–Crippen LogP) is 2.44. The van der Waals surface area contributed by atoms with Crippen molar-refractivity contribution >= 4 is 5.91 Å². The molecule has 0 radical (unpaired) electrons. The van der Waals surface area contributed by atoms with Crippen LogP contribution in [0.3, 0.4) is 0 Å². The summed E-state index contributed by atoms with van der Waals surface area (Å²) in [7, 11) is 0. The van der Waals surface area contributed by atoms with Gasteiger partial charge in [0.25, 0.3) is 0 Å². The van der Waals surface area contributed by atoms with Crippen LogP contribution in [0.2, 0.25) is 0 Å². The lowest BCUT2D eigenvalue weighted by Gasteiger charge is -2.36. The van der Waals surface area contributed by atoms with Crippen molar-refractivity contribution in [2.75, 3.05) is 19.7 Å². The van der Waals surface area contributed by atoms with Gasteiger partial charge < -0.3 is 15.0 Å². The molecule has 1 fully saturated rings. The van der Waals surface area contributed by atoms with E-state index in [1.165, 1.54) is 17.2 Å². The van der Waals surface area contributed by atoms with Gasteiger partial charge >= 0.3 is 0 Å². The van der Waals surface area contributed by atoms with Crippen LogP contribution >= 0.6 is 0 Å². The minimum absolute atomic E-state index is 0.0687. The van der Waals surface area contributed by atoms with Crippen LogP contribution in [0.1, 0.15) is 22.8 Å². The fraction of sp³-hybridized carbons (Fsp3) is 0.350. The second kappa shape index (κ2) is 6.94. The third kappa shape index (κ3) is 3.30. The molecule has 0 aliphatic carbocycles. The van der Waals surface area contributed by atoms with E-state index in [1.807, 2.05) is 12.1 Å². The number of rotatable bonds is 2. The zero-order chi connectivity index (χ0) is 17.2. The first kappa shape index (κ1) is 16.2. The zero-order valence-corrected chi connectivity index (χ0v) is 14.0. The minimum atomic E-state index is -0.408. The van der Waals surface area contributed by atoms with Crippen molar-refractivity contribution < 1.29 is 13.9 Å². The molecule has 2 aliphatic rings. The lowest BCUT2D eigenvalue weighted by atomic mass is 9.95. The predicted molar refractivity (Wildman–Crippen MR) is 92.4 cm³/mol. The number of morpholine rings is 1. The third-order valence-electron chi connectivity index (χ3n) is 5.01. The first-order chi connectivity index (χ1) is 12.2. The Hall–Kier alpha value is -2.24. The highest BCUT2D eigenvalue weighted by Gasteiger charge is 2.32. The molecule has 2 aliphatic heterocycles. The van der Waals surface area contributed by atoms with Gasteiger partial charge in [-0.05, 0) is 23.6 Å². The molecule has 0 bridgehead atoms. The number of hydrogen-bond acceptors (Lipinski definition) is 3. The largest absolute Gasteiger partial charge is 0.370 e. The molecule has 2 aromatic carbocycles. The Labute approximate surface area is 146 Å². The Morgan fingerprint density at radius 3 is 2.72 bits per heavy atom. The monoisotopic (exact) mass is 340 g/mol. The molecule has 0 aromatic heterocycles. The molecule has 0 saturated carbocycles. The van der Waals surface area contributed by atoms with Crippen LogP contribution in [0, 0.1) is 5.82 Å². The van der Waals surface area contributed by atoms with E-state index in [0.717, 1.165) is 0 Å². The summed E-state index contributed by atoms with van der Waals surface area (Å²) < 4.78 is 19.7. The molecule has 0 unspecified atom stereocenters. The summed E-state index contributed by atoms with van der Waals surface area (Å²) in [5.74, 6) is -0.217. The molecule has 4 rings (SSSR count). The highest BCUT2D eigenvalue weighted by Crippen LogP contribution is 2.26. The highest BCUT2D eigenvalue weighted by atomic mass is 19.1. The topological polar surface area (TPSA) is 41.6 Å². The summed E-state index contributed by atoms with van der Waals surface area (Å²) in [5.41, 5.74) is 2.98.